The van der Waals surface area contributed by atoms with Gasteiger partial charge in [0.25, 0.3) is 0 Å². The van der Waals surface area contributed by atoms with Gasteiger partial charge in [0.15, 0.2) is 6.73 Å². The van der Waals surface area contributed by atoms with Gasteiger partial charge in [-0.15, -0.1) is 0 Å². The number of nitrogens with zero attached hydrogens (tertiary/aromatic N) is 2. The monoisotopic (exact) mass is 353 g/mol. The lowest BCUT2D eigenvalue weighted by Crippen LogP contribution is -2.02. The summed E-state index contributed by atoms with van der Waals surface area (Å²) < 4.78 is 5.44. The molecule has 0 amide bonds. The molecule has 126 valence electrons. The number of aromatic nitrogens is 2. The van der Waals surface area contributed by atoms with Gasteiger partial charge in [-0.25, -0.2) is 4.98 Å². The zero-order valence-electron chi connectivity index (χ0n) is 13.5. The summed E-state index contributed by atoms with van der Waals surface area (Å²) in [5, 5.41) is 10.4. The molecule has 0 saturated heterocycles. The largest absolute Gasteiger partial charge is 0.471 e. The molecule has 3 N–H and O–H groups in total. The van der Waals surface area contributed by atoms with E-state index in [1.165, 1.54) is 0 Å². The van der Waals surface area contributed by atoms with Crippen LogP contribution in [0, 0.1) is 6.92 Å². The fourth-order valence-corrected chi connectivity index (χ4v) is 2.62. The SMILES string of the molecule is Cc1cnc(Nc2ccc(Cl)cc2)nc1Nc1ccc2c(c1)NCO2. The van der Waals surface area contributed by atoms with E-state index in [0.29, 0.717) is 17.7 Å². The maximum atomic E-state index is 5.91. The minimum atomic E-state index is 0.500. The van der Waals surface area contributed by atoms with E-state index < -0.39 is 0 Å². The second-order valence-corrected chi connectivity index (χ2v) is 6.09. The van der Waals surface area contributed by atoms with Gasteiger partial charge in [-0.1, -0.05) is 11.6 Å². The fourth-order valence-electron chi connectivity index (χ4n) is 2.49. The quantitative estimate of drug-likeness (QED) is 0.632. The van der Waals surface area contributed by atoms with Crippen molar-refractivity contribution in [3.63, 3.8) is 0 Å². The summed E-state index contributed by atoms with van der Waals surface area (Å²) in [7, 11) is 0. The highest BCUT2D eigenvalue weighted by atomic mass is 35.5. The van der Waals surface area contributed by atoms with Gasteiger partial charge < -0.3 is 20.7 Å². The van der Waals surface area contributed by atoms with Gasteiger partial charge in [0, 0.05) is 28.2 Å². The van der Waals surface area contributed by atoms with Crippen LogP contribution in [0.2, 0.25) is 5.02 Å². The molecule has 1 aliphatic rings. The molecule has 4 rings (SSSR count). The number of hydrogen-bond acceptors (Lipinski definition) is 6. The Kier molecular flexibility index (Phi) is 4.03. The predicted octanol–water partition coefficient (Wildman–Crippen LogP) is 4.69. The van der Waals surface area contributed by atoms with Crippen LogP contribution in [0.15, 0.2) is 48.7 Å². The normalized spacial score (nSPS) is 12.1. The van der Waals surface area contributed by atoms with E-state index in [1.54, 1.807) is 6.20 Å². The lowest BCUT2D eigenvalue weighted by molar-refractivity contribution is 0.372. The highest BCUT2D eigenvalue weighted by Crippen LogP contribution is 2.33. The van der Waals surface area contributed by atoms with Crippen LogP contribution in [0.3, 0.4) is 0 Å². The molecule has 6 nitrogen and oxygen atoms in total. The molecule has 1 aliphatic heterocycles. The van der Waals surface area contributed by atoms with E-state index >= 15 is 0 Å². The van der Waals surface area contributed by atoms with Gasteiger partial charge in [0.1, 0.15) is 11.6 Å². The summed E-state index contributed by atoms with van der Waals surface area (Å²) in [5.41, 5.74) is 3.72. The molecule has 3 aromatic rings. The minimum Gasteiger partial charge on any atom is -0.471 e. The Balaban J connectivity index is 1.56. The molecule has 25 heavy (non-hydrogen) atoms. The average Bonchev–Trinajstić information content (AvgIpc) is 3.08. The molecule has 1 aromatic heterocycles. The first-order valence-electron chi connectivity index (χ1n) is 7.81. The number of anilines is 5. The third-order valence-electron chi connectivity index (χ3n) is 3.80. The highest BCUT2D eigenvalue weighted by molar-refractivity contribution is 6.30. The van der Waals surface area contributed by atoms with Crippen molar-refractivity contribution < 1.29 is 4.74 Å². The van der Waals surface area contributed by atoms with Crippen LogP contribution in [-0.2, 0) is 0 Å². The fraction of sp³-hybridized carbons (Fsp3) is 0.111. The maximum absolute atomic E-state index is 5.91. The molecular formula is C18H16ClN5O. The maximum Gasteiger partial charge on any atom is 0.229 e. The van der Waals surface area contributed by atoms with Gasteiger partial charge in [0.05, 0.1) is 5.69 Å². The van der Waals surface area contributed by atoms with Crippen LogP contribution < -0.4 is 20.7 Å². The Labute approximate surface area is 150 Å². The Morgan fingerprint density at radius 1 is 1.08 bits per heavy atom. The van der Waals surface area contributed by atoms with Gasteiger partial charge in [-0.2, -0.15) is 4.98 Å². The Bertz CT molecular complexity index is 914. The molecular weight excluding hydrogens is 338 g/mol. The van der Waals surface area contributed by atoms with Crippen molar-refractivity contribution in [1.82, 2.24) is 9.97 Å². The van der Waals surface area contributed by atoms with Gasteiger partial charge in [0.2, 0.25) is 5.95 Å². The molecule has 0 fully saturated rings. The molecule has 0 atom stereocenters. The molecule has 0 radical (unpaired) electrons. The summed E-state index contributed by atoms with van der Waals surface area (Å²) in [6.07, 6.45) is 1.78. The highest BCUT2D eigenvalue weighted by Gasteiger charge is 2.12. The molecule has 0 spiro atoms. The zero-order chi connectivity index (χ0) is 17.2. The lowest BCUT2D eigenvalue weighted by Gasteiger charge is -2.11. The molecule has 0 bridgehead atoms. The number of benzene rings is 2. The molecule has 0 unspecified atom stereocenters. The molecule has 0 saturated carbocycles. The summed E-state index contributed by atoms with van der Waals surface area (Å²) in [6.45, 7) is 2.46. The lowest BCUT2D eigenvalue weighted by atomic mass is 10.2. The van der Waals surface area contributed by atoms with Crippen molar-refractivity contribution in [2.75, 3.05) is 22.7 Å². The molecule has 0 aliphatic carbocycles. The second-order valence-electron chi connectivity index (χ2n) is 5.66. The minimum absolute atomic E-state index is 0.500. The van der Waals surface area contributed by atoms with Crippen molar-refractivity contribution in [3.8, 4) is 5.75 Å². The Hall–Kier alpha value is -2.99. The van der Waals surface area contributed by atoms with Gasteiger partial charge in [-0.05, 0) is 49.4 Å². The number of nitrogens with one attached hydrogen (secondary N) is 3. The average molecular weight is 354 g/mol. The van der Waals surface area contributed by atoms with Crippen molar-refractivity contribution in [2.24, 2.45) is 0 Å². The van der Waals surface area contributed by atoms with E-state index in [-0.39, 0.29) is 0 Å². The van der Waals surface area contributed by atoms with Crippen LogP contribution in [0.1, 0.15) is 5.56 Å². The van der Waals surface area contributed by atoms with E-state index in [2.05, 4.69) is 25.9 Å². The Morgan fingerprint density at radius 3 is 2.72 bits per heavy atom. The summed E-state index contributed by atoms with van der Waals surface area (Å²) in [6, 6.07) is 13.3. The van der Waals surface area contributed by atoms with Crippen LogP contribution >= 0.6 is 11.6 Å². The predicted molar refractivity (Wildman–Crippen MR) is 100 cm³/mol. The van der Waals surface area contributed by atoms with E-state index in [9.17, 15) is 0 Å². The molecule has 2 heterocycles. The second kappa shape index (κ2) is 6.49. The first kappa shape index (κ1) is 15.5. The smallest absolute Gasteiger partial charge is 0.229 e. The number of hydrogen-bond donors (Lipinski definition) is 3. The third-order valence-corrected chi connectivity index (χ3v) is 4.06. The number of aryl methyl sites for hydroxylation is 1. The van der Waals surface area contributed by atoms with Crippen molar-refractivity contribution in [2.45, 2.75) is 6.92 Å². The number of halogens is 1. The van der Waals surface area contributed by atoms with Crippen molar-refractivity contribution in [1.29, 1.82) is 0 Å². The number of rotatable bonds is 4. The number of ether oxygens (including phenoxy) is 1. The zero-order valence-corrected chi connectivity index (χ0v) is 14.3. The first-order valence-corrected chi connectivity index (χ1v) is 8.19. The third kappa shape index (κ3) is 3.44. The first-order chi connectivity index (χ1) is 12.2. The van der Waals surface area contributed by atoms with E-state index in [4.69, 9.17) is 16.3 Å². The van der Waals surface area contributed by atoms with Crippen LogP contribution in [0.5, 0.6) is 5.75 Å². The van der Waals surface area contributed by atoms with Gasteiger partial charge in [-0.3, -0.25) is 0 Å². The summed E-state index contributed by atoms with van der Waals surface area (Å²) in [5.74, 6) is 2.11. The molecule has 7 heteroatoms. The van der Waals surface area contributed by atoms with Crippen LogP contribution in [0.25, 0.3) is 0 Å². The van der Waals surface area contributed by atoms with Crippen LogP contribution in [-0.4, -0.2) is 16.7 Å². The Morgan fingerprint density at radius 2 is 1.88 bits per heavy atom. The molecule has 2 aromatic carbocycles. The number of fused-ring (bicyclic) bond motifs is 1. The summed E-state index contributed by atoms with van der Waals surface area (Å²) in [4.78, 5) is 8.89. The van der Waals surface area contributed by atoms with Crippen LogP contribution in [0.4, 0.5) is 28.8 Å². The standard InChI is InChI=1S/C18H16ClN5O/c1-11-9-20-18(23-13-4-2-12(19)3-5-13)24-17(11)22-14-6-7-16-15(8-14)21-10-25-16/h2-9,21H,10H2,1H3,(H2,20,22,23,24). The van der Waals surface area contributed by atoms with E-state index in [0.717, 1.165) is 34.2 Å². The topological polar surface area (TPSA) is 71.1 Å². The summed E-state index contributed by atoms with van der Waals surface area (Å²) >= 11 is 5.91. The van der Waals surface area contributed by atoms with E-state index in [1.807, 2.05) is 49.4 Å². The van der Waals surface area contributed by atoms with Gasteiger partial charge >= 0.3 is 0 Å². The van der Waals surface area contributed by atoms with Crippen molar-refractivity contribution >= 4 is 40.4 Å². The van der Waals surface area contributed by atoms with Crippen molar-refractivity contribution in [3.05, 3.63) is 59.2 Å².